The third-order valence-corrected chi connectivity index (χ3v) is 7.71. The van der Waals surface area contributed by atoms with Crippen LogP contribution >= 0.6 is 0 Å². The molecule has 16 nitrogen and oxygen atoms in total. The summed E-state index contributed by atoms with van der Waals surface area (Å²) < 4.78 is 41.3. The Morgan fingerprint density at radius 1 is 1.04 bits per heavy atom. The molecular formula is C31H35N5O11. The van der Waals surface area contributed by atoms with E-state index < -0.39 is 53.4 Å². The Morgan fingerprint density at radius 3 is 2.26 bits per heavy atom. The first kappa shape index (κ1) is 33.2. The van der Waals surface area contributed by atoms with Crippen LogP contribution in [0, 0.1) is 45.0 Å². The number of hydrogen-bond donors (Lipinski definition) is 0. The third kappa shape index (κ3) is 6.57. The number of esters is 2. The fourth-order valence-electron chi connectivity index (χ4n) is 4.98. The van der Waals surface area contributed by atoms with Crippen molar-refractivity contribution in [1.82, 2.24) is 19.1 Å². The highest BCUT2D eigenvalue weighted by Crippen LogP contribution is 2.40. The summed E-state index contributed by atoms with van der Waals surface area (Å²) >= 11 is 0. The Hall–Kier alpha value is -5.17. The van der Waals surface area contributed by atoms with Crippen LogP contribution in [0.25, 0.3) is 11.2 Å². The number of aryl methyl sites for hydroxylation is 3. The minimum absolute atomic E-state index is 0.0148. The molecule has 1 fully saturated rings. The van der Waals surface area contributed by atoms with E-state index in [1.165, 1.54) is 6.33 Å². The number of carbonyl (C=O) groups excluding carboxylic acids is 2. The Bertz CT molecular complexity index is 2050. The zero-order chi connectivity index (χ0) is 34.2. The molecule has 3 atom stereocenters. The van der Waals surface area contributed by atoms with E-state index in [4.69, 9.17) is 48.3 Å². The van der Waals surface area contributed by atoms with Crippen LogP contribution in [0.2, 0.25) is 0 Å². The van der Waals surface area contributed by atoms with E-state index in [2.05, 4.69) is 10.9 Å². The molecule has 1 aliphatic heterocycles. The molecule has 0 radical (unpaired) electrons. The summed E-state index contributed by atoms with van der Waals surface area (Å²) in [5.74, 6) is 0.421. The standard InChI is InChI=1S/C31H35N5O11/c1-9-31(13-41-27(37)15(2)3)22(46-28(38)16(4)5)10-23(47-31)36-14-33-24-25(32-11-20-17(6)42-29(39)44-20)35(19(8)34-26(24)36)12-21-18(7)43-30(40)45-21/h1,14-16,22-23H,10-13H2,2-8H3/t22-,23+,31+/m0/s1. The van der Waals surface area contributed by atoms with Crippen LogP contribution in [0.15, 0.2) is 38.6 Å². The van der Waals surface area contributed by atoms with Crippen LogP contribution in [0.5, 0.6) is 0 Å². The Morgan fingerprint density at radius 2 is 1.68 bits per heavy atom. The molecule has 0 bridgehead atoms. The minimum atomic E-state index is -1.60. The summed E-state index contributed by atoms with van der Waals surface area (Å²) in [5, 5.41) is 0. The molecule has 16 heteroatoms. The SMILES string of the molecule is C#C[C@]1(COC(=O)C(C)C)O[C@@H](n2cnc3c(=NCc4oc(=O)oc4C)n(Cc4oc(=O)oc4C)c(C)nc32)C[C@@H]1OC(=O)C(C)C. The van der Waals surface area contributed by atoms with Gasteiger partial charge in [-0.05, 0) is 20.8 Å². The van der Waals surface area contributed by atoms with Gasteiger partial charge in [0.05, 0.1) is 24.7 Å². The molecule has 0 amide bonds. The van der Waals surface area contributed by atoms with Crippen molar-refractivity contribution in [2.45, 2.75) is 85.9 Å². The van der Waals surface area contributed by atoms with Gasteiger partial charge in [0.1, 0.15) is 42.8 Å². The van der Waals surface area contributed by atoms with E-state index in [0.717, 1.165) is 0 Å². The molecule has 5 rings (SSSR count). The van der Waals surface area contributed by atoms with Crippen molar-refractivity contribution in [2.75, 3.05) is 6.61 Å². The highest BCUT2D eigenvalue weighted by Gasteiger charge is 2.52. The number of carbonyl (C=O) groups is 2. The fourth-order valence-corrected chi connectivity index (χ4v) is 4.98. The molecule has 1 saturated heterocycles. The quantitative estimate of drug-likeness (QED) is 0.179. The summed E-state index contributed by atoms with van der Waals surface area (Å²) in [7, 11) is 0. The van der Waals surface area contributed by atoms with Crippen LogP contribution < -0.4 is 17.1 Å². The Kier molecular flexibility index (Phi) is 9.12. The first-order chi connectivity index (χ1) is 22.2. The van der Waals surface area contributed by atoms with Gasteiger partial charge in [-0.1, -0.05) is 33.6 Å². The summed E-state index contributed by atoms with van der Waals surface area (Å²) in [5.41, 5.74) is -0.655. The zero-order valence-electron chi connectivity index (χ0n) is 27.0. The van der Waals surface area contributed by atoms with Crippen LogP contribution in [0.3, 0.4) is 0 Å². The number of terminal acetylenes is 1. The van der Waals surface area contributed by atoms with E-state index in [9.17, 15) is 19.2 Å². The number of imidazole rings is 1. The molecule has 0 unspecified atom stereocenters. The summed E-state index contributed by atoms with van der Waals surface area (Å²) in [6, 6.07) is 0. The monoisotopic (exact) mass is 653 g/mol. The Labute approximate surface area is 267 Å². The van der Waals surface area contributed by atoms with Gasteiger partial charge in [-0.25, -0.2) is 19.6 Å². The second kappa shape index (κ2) is 12.9. The van der Waals surface area contributed by atoms with Gasteiger partial charge in [-0.3, -0.25) is 19.1 Å². The van der Waals surface area contributed by atoms with Gasteiger partial charge in [-0.2, -0.15) is 0 Å². The molecule has 0 aliphatic carbocycles. The van der Waals surface area contributed by atoms with Gasteiger partial charge < -0.3 is 36.4 Å². The van der Waals surface area contributed by atoms with Gasteiger partial charge in [-0.15, -0.1) is 6.42 Å². The fraction of sp³-hybridized carbons (Fsp3) is 0.516. The number of nitrogens with zero attached hydrogens (tertiary/aromatic N) is 5. The van der Waals surface area contributed by atoms with E-state index in [1.54, 1.807) is 57.6 Å². The van der Waals surface area contributed by atoms with Crippen LogP contribution in [-0.4, -0.2) is 49.4 Å². The van der Waals surface area contributed by atoms with Crippen LogP contribution in [-0.2, 0) is 36.9 Å². The third-order valence-electron chi connectivity index (χ3n) is 7.71. The lowest BCUT2D eigenvalue weighted by Gasteiger charge is -2.29. The average molecular weight is 654 g/mol. The van der Waals surface area contributed by atoms with E-state index in [-0.39, 0.29) is 49.2 Å². The van der Waals surface area contributed by atoms with Gasteiger partial charge in [0.2, 0.25) is 5.60 Å². The largest absolute Gasteiger partial charge is 0.519 e. The Balaban J connectivity index is 1.61. The van der Waals surface area contributed by atoms with Gasteiger partial charge >= 0.3 is 23.6 Å². The number of aromatic nitrogens is 4. The highest BCUT2D eigenvalue weighted by atomic mass is 16.6. The second-order valence-corrected chi connectivity index (χ2v) is 11.8. The molecule has 5 heterocycles. The number of hydrogen-bond acceptors (Lipinski definition) is 14. The summed E-state index contributed by atoms with van der Waals surface area (Å²) in [4.78, 5) is 62.6. The highest BCUT2D eigenvalue weighted by molar-refractivity contribution is 5.73. The van der Waals surface area contributed by atoms with Gasteiger partial charge in [0.15, 0.2) is 28.2 Å². The summed E-state index contributed by atoms with van der Waals surface area (Å²) in [6.07, 6.45) is 5.72. The molecule has 0 spiro atoms. The van der Waals surface area contributed by atoms with E-state index in [1.807, 2.05) is 0 Å². The smallest absolute Gasteiger partial charge is 0.461 e. The molecule has 0 N–H and O–H groups in total. The average Bonchev–Trinajstić information content (AvgIpc) is 3.75. The van der Waals surface area contributed by atoms with Crippen molar-refractivity contribution in [3.05, 3.63) is 61.9 Å². The maximum absolute atomic E-state index is 12.7. The number of ether oxygens (including phenoxy) is 3. The summed E-state index contributed by atoms with van der Waals surface area (Å²) in [6.45, 7) is 11.2. The number of fused-ring (bicyclic) bond motifs is 1. The molecule has 4 aromatic heterocycles. The normalized spacial score (nSPS) is 20.0. The maximum atomic E-state index is 12.7. The van der Waals surface area contributed by atoms with Crippen molar-refractivity contribution in [3.8, 4) is 12.3 Å². The topological polar surface area (TPSA) is 197 Å². The second-order valence-electron chi connectivity index (χ2n) is 11.8. The molecule has 250 valence electrons. The van der Waals surface area contributed by atoms with Crippen LogP contribution in [0.4, 0.5) is 0 Å². The van der Waals surface area contributed by atoms with Crippen molar-refractivity contribution < 1.29 is 41.5 Å². The first-order valence-corrected chi connectivity index (χ1v) is 14.9. The van der Waals surface area contributed by atoms with Crippen molar-refractivity contribution in [1.29, 1.82) is 0 Å². The predicted octanol–water partition coefficient (Wildman–Crippen LogP) is 2.46. The first-order valence-electron chi connectivity index (χ1n) is 14.9. The molecule has 0 aromatic carbocycles. The minimum Gasteiger partial charge on any atom is -0.461 e. The van der Waals surface area contributed by atoms with Crippen molar-refractivity contribution >= 4 is 23.1 Å². The maximum Gasteiger partial charge on any atom is 0.519 e. The lowest BCUT2D eigenvalue weighted by molar-refractivity contribution is -0.170. The molecule has 1 aliphatic rings. The molecule has 0 saturated carbocycles. The van der Waals surface area contributed by atoms with Gasteiger partial charge in [0, 0.05) is 6.42 Å². The van der Waals surface area contributed by atoms with Crippen LogP contribution in [0.1, 0.15) is 69.2 Å². The molecular weight excluding hydrogens is 618 g/mol. The van der Waals surface area contributed by atoms with Crippen molar-refractivity contribution in [3.63, 3.8) is 0 Å². The lowest BCUT2D eigenvalue weighted by Crippen LogP contribution is -2.46. The predicted molar refractivity (Wildman–Crippen MR) is 159 cm³/mol. The van der Waals surface area contributed by atoms with Crippen molar-refractivity contribution in [2.24, 2.45) is 16.8 Å². The van der Waals surface area contributed by atoms with E-state index >= 15 is 0 Å². The zero-order valence-corrected chi connectivity index (χ0v) is 27.0. The molecule has 4 aromatic rings. The lowest BCUT2D eigenvalue weighted by atomic mass is 9.98. The van der Waals surface area contributed by atoms with E-state index in [0.29, 0.717) is 22.5 Å². The van der Waals surface area contributed by atoms with Gasteiger partial charge in [0.25, 0.3) is 0 Å². The number of rotatable bonds is 10. The molecule has 47 heavy (non-hydrogen) atoms.